The summed E-state index contributed by atoms with van der Waals surface area (Å²) >= 11 is 0. The van der Waals surface area contributed by atoms with Crippen LogP contribution in [-0.2, 0) is 0 Å². The minimum absolute atomic E-state index is 0.218. The summed E-state index contributed by atoms with van der Waals surface area (Å²) < 4.78 is 0. The third-order valence-corrected chi connectivity index (χ3v) is 4.88. The second kappa shape index (κ2) is 10.1. The second-order valence-electron chi connectivity index (χ2n) is 7.25. The van der Waals surface area contributed by atoms with Crippen molar-refractivity contribution in [3.8, 4) is 0 Å². The number of para-hydroxylation sites is 1. The van der Waals surface area contributed by atoms with E-state index in [0.29, 0.717) is 33.8 Å². The number of anilines is 3. The predicted molar refractivity (Wildman–Crippen MR) is 130 cm³/mol. The van der Waals surface area contributed by atoms with Crippen LogP contribution in [0.25, 0.3) is 0 Å². The molecule has 0 aliphatic heterocycles. The molecule has 6 heteroatoms. The molecule has 0 heterocycles. The van der Waals surface area contributed by atoms with Crippen LogP contribution in [0.2, 0.25) is 0 Å². The first kappa shape index (κ1) is 21.5. The summed E-state index contributed by atoms with van der Waals surface area (Å²) in [6, 6.07) is 31.3. The van der Waals surface area contributed by atoms with E-state index in [1.165, 1.54) is 0 Å². The first-order valence-electron chi connectivity index (χ1n) is 10.3. The van der Waals surface area contributed by atoms with Gasteiger partial charge in [-0.1, -0.05) is 36.4 Å². The topological polar surface area (TPSA) is 87.3 Å². The maximum atomic E-state index is 12.6. The monoisotopic (exact) mass is 435 g/mol. The number of carbonyl (C=O) groups is 3. The number of benzene rings is 4. The Kier molecular flexibility index (Phi) is 6.56. The molecule has 0 unspecified atom stereocenters. The predicted octanol–water partition coefficient (Wildman–Crippen LogP) is 5.44. The SMILES string of the molecule is O=C(Nc1ccc(C(=O)Nc2ccc(C(=O)Nc3ccccc3)cc2)cc1)c1ccccc1. The Balaban J connectivity index is 1.34. The van der Waals surface area contributed by atoms with Crippen LogP contribution in [0.3, 0.4) is 0 Å². The first-order valence-corrected chi connectivity index (χ1v) is 10.3. The van der Waals surface area contributed by atoms with E-state index in [4.69, 9.17) is 0 Å². The molecule has 3 N–H and O–H groups in total. The van der Waals surface area contributed by atoms with Gasteiger partial charge >= 0.3 is 0 Å². The Morgan fingerprint density at radius 1 is 0.364 bits per heavy atom. The third kappa shape index (κ3) is 5.71. The Labute approximate surface area is 191 Å². The molecule has 33 heavy (non-hydrogen) atoms. The minimum Gasteiger partial charge on any atom is -0.322 e. The number of hydrogen-bond acceptors (Lipinski definition) is 3. The van der Waals surface area contributed by atoms with E-state index in [9.17, 15) is 14.4 Å². The van der Waals surface area contributed by atoms with Gasteiger partial charge in [0, 0.05) is 33.8 Å². The van der Waals surface area contributed by atoms with E-state index in [1.807, 2.05) is 36.4 Å². The average molecular weight is 435 g/mol. The fourth-order valence-corrected chi connectivity index (χ4v) is 3.13. The molecule has 0 bridgehead atoms. The fourth-order valence-electron chi connectivity index (χ4n) is 3.13. The van der Waals surface area contributed by atoms with Crippen LogP contribution in [0.4, 0.5) is 17.1 Å². The van der Waals surface area contributed by atoms with Crippen LogP contribution >= 0.6 is 0 Å². The van der Waals surface area contributed by atoms with Gasteiger partial charge in [-0.2, -0.15) is 0 Å². The molecule has 4 aromatic rings. The molecule has 0 atom stereocenters. The molecule has 0 radical (unpaired) electrons. The van der Waals surface area contributed by atoms with Crippen molar-refractivity contribution in [2.24, 2.45) is 0 Å². The number of nitrogens with one attached hydrogen (secondary N) is 3. The zero-order chi connectivity index (χ0) is 23.0. The van der Waals surface area contributed by atoms with E-state index in [-0.39, 0.29) is 17.7 Å². The molecule has 4 aromatic carbocycles. The van der Waals surface area contributed by atoms with Crippen molar-refractivity contribution in [2.45, 2.75) is 0 Å². The number of amides is 3. The molecule has 4 rings (SSSR count). The Bertz CT molecular complexity index is 1250. The zero-order valence-electron chi connectivity index (χ0n) is 17.6. The van der Waals surface area contributed by atoms with E-state index in [2.05, 4.69) is 16.0 Å². The first-order chi connectivity index (χ1) is 16.1. The third-order valence-electron chi connectivity index (χ3n) is 4.88. The summed E-state index contributed by atoms with van der Waals surface area (Å²) in [5.74, 6) is -0.742. The molecular weight excluding hydrogens is 414 g/mol. The van der Waals surface area contributed by atoms with E-state index < -0.39 is 0 Å². The lowest BCUT2D eigenvalue weighted by Crippen LogP contribution is -2.14. The van der Waals surface area contributed by atoms with Crippen molar-refractivity contribution in [2.75, 3.05) is 16.0 Å². The molecule has 3 amide bonds. The summed E-state index contributed by atoms with van der Waals surface area (Å²) in [6.45, 7) is 0. The summed E-state index contributed by atoms with van der Waals surface area (Å²) in [7, 11) is 0. The van der Waals surface area contributed by atoms with Gasteiger partial charge in [0.25, 0.3) is 17.7 Å². The number of carbonyl (C=O) groups excluding carboxylic acids is 3. The minimum atomic E-state index is -0.294. The highest BCUT2D eigenvalue weighted by atomic mass is 16.2. The Morgan fingerprint density at radius 3 is 1.06 bits per heavy atom. The Hall–Kier alpha value is -4.71. The quantitative estimate of drug-likeness (QED) is 0.377. The van der Waals surface area contributed by atoms with E-state index >= 15 is 0 Å². The number of hydrogen-bond donors (Lipinski definition) is 3. The molecule has 0 aliphatic rings. The van der Waals surface area contributed by atoms with Crippen molar-refractivity contribution < 1.29 is 14.4 Å². The summed E-state index contributed by atoms with van der Waals surface area (Å²) in [5.41, 5.74) is 3.35. The lowest BCUT2D eigenvalue weighted by molar-refractivity contribution is 0.101. The molecule has 0 aromatic heterocycles. The van der Waals surface area contributed by atoms with Gasteiger partial charge in [0.05, 0.1) is 0 Å². The van der Waals surface area contributed by atoms with Crippen LogP contribution in [0, 0.1) is 0 Å². The van der Waals surface area contributed by atoms with Crippen molar-refractivity contribution >= 4 is 34.8 Å². The highest BCUT2D eigenvalue weighted by molar-refractivity contribution is 6.07. The number of rotatable bonds is 6. The van der Waals surface area contributed by atoms with Gasteiger partial charge in [-0.25, -0.2) is 0 Å². The molecule has 6 nitrogen and oxygen atoms in total. The maximum Gasteiger partial charge on any atom is 0.255 e. The highest BCUT2D eigenvalue weighted by Gasteiger charge is 2.10. The molecular formula is C27H21N3O3. The summed E-state index contributed by atoms with van der Waals surface area (Å²) in [5, 5.41) is 8.42. The summed E-state index contributed by atoms with van der Waals surface area (Å²) in [4.78, 5) is 37.1. The van der Waals surface area contributed by atoms with Gasteiger partial charge in [0.1, 0.15) is 0 Å². The lowest BCUT2D eigenvalue weighted by atomic mass is 10.1. The van der Waals surface area contributed by atoms with Crippen LogP contribution in [0.15, 0.2) is 109 Å². The van der Waals surface area contributed by atoms with Crippen molar-refractivity contribution in [1.29, 1.82) is 0 Å². The van der Waals surface area contributed by atoms with Gasteiger partial charge in [-0.15, -0.1) is 0 Å². The average Bonchev–Trinajstić information content (AvgIpc) is 2.86. The molecule has 0 aliphatic carbocycles. The second-order valence-corrected chi connectivity index (χ2v) is 7.25. The Morgan fingerprint density at radius 2 is 0.667 bits per heavy atom. The lowest BCUT2D eigenvalue weighted by Gasteiger charge is -2.09. The highest BCUT2D eigenvalue weighted by Crippen LogP contribution is 2.16. The molecule has 0 saturated carbocycles. The van der Waals surface area contributed by atoms with Crippen molar-refractivity contribution in [3.05, 3.63) is 126 Å². The zero-order valence-corrected chi connectivity index (χ0v) is 17.6. The van der Waals surface area contributed by atoms with Crippen molar-refractivity contribution in [1.82, 2.24) is 0 Å². The van der Waals surface area contributed by atoms with Crippen LogP contribution < -0.4 is 16.0 Å². The van der Waals surface area contributed by atoms with Crippen molar-refractivity contribution in [3.63, 3.8) is 0 Å². The van der Waals surface area contributed by atoms with Gasteiger partial charge in [-0.05, 0) is 72.8 Å². The molecule has 0 fully saturated rings. The smallest absolute Gasteiger partial charge is 0.255 e. The molecule has 0 spiro atoms. The van der Waals surface area contributed by atoms with Gasteiger partial charge in [0.15, 0.2) is 0 Å². The van der Waals surface area contributed by atoms with E-state index in [0.717, 1.165) is 0 Å². The molecule has 162 valence electrons. The normalized spacial score (nSPS) is 10.2. The summed E-state index contributed by atoms with van der Waals surface area (Å²) in [6.07, 6.45) is 0. The van der Waals surface area contributed by atoms with Gasteiger partial charge in [-0.3, -0.25) is 14.4 Å². The van der Waals surface area contributed by atoms with Gasteiger partial charge in [0.2, 0.25) is 0 Å². The fraction of sp³-hybridized carbons (Fsp3) is 0. The van der Waals surface area contributed by atoms with Crippen LogP contribution in [0.5, 0.6) is 0 Å². The van der Waals surface area contributed by atoms with Gasteiger partial charge < -0.3 is 16.0 Å². The standard InChI is InChI=1S/C27H21N3O3/c31-25(19-7-3-1-4-8-19)29-23-15-13-21(14-16-23)27(33)30-24-17-11-20(12-18-24)26(32)28-22-9-5-2-6-10-22/h1-18H,(H,28,32)(H,29,31)(H,30,33). The largest absolute Gasteiger partial charge is 0.322 e. The maximum absolute atomic E-state index is 12.6. The molecule has 0 saturated heterocycles. The van der Waals surface area contributed by atoms with E-state index in [1.54, 1.807) is 72.8 Å². The van der Waals surface area contributed by atoms with Crippen LogP contribution in [0.1, 0.15) is 31.1 Å². The van der Waals surface area contributed by atoms with Crippen LogP contribution in [-0.4, -0.2) is 17.7 Å².